The number of nitrogens with zero attached hydrogens (tertiary/aromatic N) is 3. The molecule has 0 radical (unpaired) electrons. The number of nitrogens with one attached hydrogen (secondary N) is 2. The highest BCUT2D eigenvalue weighted by Crippen LogP contribution is 2.26. The fraction of sp³-hybridized carbons (Fsp3) is 0.200. The van der Waals surface area contributed by atoms with Gasteiger partial charge < -0.3 is 11.1 Å². The van der Waals surface area contributed by atoms with Gasteiger partial charge in [0.15, 0.2) is 5.11 Å². The lowest BCUT2D eigenvalue weighted by Gasteiger charge is -2.20. The van der Waals surface area contributed by atoms with Gasteiger partial charge in [-0.05, 0) is 42.9 Å². The van der Waals surface area contributed by atoms with E-state index in [1.807, 2.05) is 6.07 Å². The van der Waals surface area contributed by atoms with Crippen LogP contribution in [-0.2, 0) is 0 Å². The number of thiocarbonyl (C=S) groups is 1. The molecule has 2 heterocycles. The molecule has 25 heavy (non-hydrogen) atoms. The molecule has 0 saturated carbocycles. The second kappa shape index (κ2) is 7.49. The highest BCUT2D eigenvalue weighted by atomic mass is 35.5. The van der Waals surface area contributed by atoms with Crippen molar-refractivity contribution in [2.24, 2.45) is 5.73 Å². The van der Waals surface area contributed by atoms with Gasteiger partial charge in [0.1, 0.15) is 5.52 Å². The number of fused-ring (bicyclic) bond motifs is 1. The Kier molecular flexibility index (Phi) is 5.33. The number of aromatic amines is 1. The van der Waals surface area contributed by atoms with Crippen LogP contribution in [0.15, 0.2) is 35.3 Å². The fourth-order valence-corrected chi connectivity index (χ4v) is 2.97. The van der Waals surface area contributed by atoms with E-state index in [4.69, 9.17) is 41.2 Å². The first-order valence-electron chi connectivity index (χ1n) is 7.39. The van der Waals surface area contributed by atoms with Gasteiger partial charge in [0.05, 0.1) is 27.8 Å². The Bertz CT molecular complexity index is 986. The summed E-state index contributed by atoms with van der Waals surface area (Å²) in [6, 6.07) is 6.44. The van der Waals surface area contributed by atoms with Crippen molar-refractivity contribution < 1.29 is 0 Å². The van der Waals surface area contributed by atoms with Crippen molar-refractivity contribution in [2.75, 3.05) is 6.54 Å². The summed E-state index contributed by atoms with van der Waals surface area (Å²) in [5, 5.41) is 14.9. The smallest absolute Gasteiger partial charge is 0.275 e. The minimum Gasteiger partial charge on any atom is -0.354 e. The minimum absolute atomic E-state index is 0.164. The first-order valence-corrected chi connectivity index (χ1v) is 8.55. The van der Waals surface area contributed by atoms with Crippen LogP contribution in [0.25, 0.3) is 11.0 Å². The minimum atomic E-state index is -0.366. The SMILES string of the molecule is NCCC(NC(=S)n1nc2cn[nH]c2cc1=O)c1ccc(Cl)c(Cl)c1. The van der Waals surface area contributed by atoms with Gasteiger partial charge in [-0.3, -0.25) is 9.89 Å². The topological polar surface area (TPSA) is 102 Å². The normalized spacial score (nSPS) is 12.3. The molecule has 0 saturated heterocycles. The lowest BCUT2D eigenvalue weighted by Crippen LogP contribution is -2.39. The van der Waals surface area contributed by atoms with Crippen molar-refractivity contribution in [1.29, 1.82) is 0 Å². The summed E-state index contributed by atoms with van der Waals surface area (Å²) in [6.07, 6.45) is 2.10. The summed E-state index contributed by atoms with van der Waals surface area (Å²) in [6.45, 7) is 0.420. The Labute approximate surface area is 158 Å². The van der Waals surface area contributed by atoms with Crippen molar-refractivity contribution in [1.82, 2.24) is 25.3 Å². The third-order valence-corrected chi connectivity index (χ3v) is 4.65. The van der Waals surface area contributed by atoms with E-state index in [0.29, 0.717) is 34.0 Å². The highest BCUT2D eigenvalue weighted by molar-refractivity contribution is 7.80. The van der Waals surface area contributed by atoms with Crippen LogP contribution in [0.1, 0.15) is 18.0 Å². The number of hydrogen-bond acceptors (Lipinski definition) is 5. The maximum Gasteiger partial charge on any atom is 0.275 e. The van der Waals surface area contributed by atoms with E-state index in [0.717, 1.165) is 10.2 Å². The van der Waals surface area contributed by atoms with Crippen LogP contribution in [-0.4, -0.2) is 31.6 Å². The number of benzene rings is 1. The van der Waals surface area contributed by atoms with Gasteiger partial charge in [-0.1, -0.05) is 29.3 Å². The lowest BCUT2D eigenvalue weighted by molar-refractivity contribution is 0.589. The Morgan fingerprint density at radius 1 is 1.36 bits per heavy atom. The predicted molar refractivity (Wildman–Crippen MR) is 102 cm³/mol. The second-order valence-corrected chi connectivity index (χ2v) is 6.52. The van der Waals surface area contributed by atoms with Crippen LogP contribution in [0.5, 0.6) is 0 Å². The fourth-order valence-electron chi connectivity index (χ4n) is 2.39. The zero-order chi connectivity index (χ0) is 18.0. The van der Waals surface area contributed by atoms with Crippen LogP contribution in [0.2, 0.25) is 10.0 Å². The Morgan fingerprint density at radius 3 is 2.88 bits per heavy atom. The van der Waals surface area contributed by atoms with E-state index in [9.17, 15) is 4.79 Å². The molecule has 0 bridgehead atoms. The summed E-state index contributed by atoms with van der Waals surface area (Å²) in [5.74, 6) is 0. The summed E-state index contributed by atoms with van der Waals surface area (Å²) < 4.78 is 1.12. The molecule has 2 aromatic heterocycles. The van der Waals surface area contributed by atoms with Crippen molar-refractivity contribution >= 4 is 51.6 Å². The second-order valence-electron chi connectivity index (χ2n) is 5.32. The van der Waals surface area contributed by atoms with E-state index in [2.05, 4.69) is 20.6 Å². The standard InChI is InChI=1S/C15H14Cl2N6OS/c16-9-2-1-8(5-10(9)17)11(3-4-18)20-15(25)23-14(24)6-12-13(22-23)7-19-21-12/h1-2,5-7,11,21H,3-4,18H2,(H,20,25). The van der Waals surface area contributed by atoms with Gasteiger partial charge in [-0.15, -0.1) is 0 Å². The van der Waals surface area contributed by atoms with Gasteiger partial charge in [0, 0.05) is 6.07 Å². The van der Waals surface area contributed by atoms with E-state index in [1.54, 1.807) is 12.1 Å². The first-order chi connectivity index (χ1) is 12.0. The molecule has 1 unspecified atom stereocenters. The summed E-state index contributed by atoms with van der Waals surface area (Å²) in [7, 11) is 0. The number of halogens is 2. The van der Waals surface area contributed by atoms with Crippen molar-refractivity contribution in [3.8, 4) is 0 Å². The van der Waals surface area contributed by atoms with Gasteiger partial charge in [0.2, 0.25) is 0 Å². The van der Waals surface area contributed by atoms with E-state index < -0.39 is 0 Å². The lowest BCUT2D eigenvalue weighted by atomic mass is 10.0. The van der Waals surface area contributed by atoms with Crippen molar-refractivity contribution in [3.63, 3.8) is 0 Å². The number of hydrogen-bond donors (Lipinski definition) is 3. The third-order valence-electron chi connectivity index (χ3n) is 3.62. The van der Waals surface area contributed by atoms with Crippen LogP contribution < -0.4 is 16.6 Å². The molecular formula is C15H14Cl2N6OS. The highest BCUT2D eigenvalue weighted by Gasteiger charge is 2.16. The van der Waals surface area contributed by atoms with Crippen LogP contribution in [0.3, 0.4) is 0 Å². The molecule has 0 spiro atoms. The molecule has 7 nitrogen and oxygen atoms in total. The third kappa shape index (κ3) is 3.82. The predicted octanol–water partition coefficient (Wildman–Crippen LogP) is 2.24. The molecule has 1 aromatic carbocycles. The van der Waals surface area contributed by atoms with Crippen molar-refractivity contribution in [2.45, 2.75) is 12.5 Å². The number of aromatic nitrogens is 4. The number of nitrogens with two attached hydrogens (primary N) is 1. The molecule has 3 rings (SSSR count). The molecule has 0 aliphatic rings. The summed E-state index contributed by atoms with van der Waals surface area (Å²) in [5.41, 5.74) is 7.28. The first kappa shape index (κ1) is 17.8. The summed E-state index contributed by atoms with van der Waals surface area (Å²) >= 11 is 17.4. The Morgan fingerprint density at radius 2 is 2.16 bits per heavy atom. The van der Waals surface area contributed by atoms with Crippen LogP contribution >= 0.6 is 35.4 Å². The average Bonchev–Trinajstić information content (AvgIpc) is 3.03. The molecule has 0 aliphatic heterocycles. The largest absolute Gasteiger partial charge is 0.354 e. The van der Waals surface area contributed by atoms with Crippen LogP contribution in [0, 0.1) is 0 Å². The van der Waals surface area contributed by atoms with Crippen LogP contribution in [0.4, 0.5) is 0 Å². The van der Waals surface area contributed by atoms with Gasteiger partial charge in [0.25, 0.3) is 5.56 Å². The molecule has 3 aromatic rings. The zero-order valence-electron chi connectivity index (χ0n) is 12.9. The molecule has 0 fully saturated rings. The Balaban J connectivity index is 1.90. The molecule has 130 valence electrons. The van der Waals surface area contributed by atoms with Gasteiger partial charge in [-0.2, -0.15) is 14.9 Å². The molecule has 4 N–H and O–H groups in total. The Hall–Kier alpha value is -2.00. The number of H-pyrrole nitrogens is 1. The average molecular weight is 397 g/mol. The quantitative estimate of drug-likeness (QED) is 0.584. The van der Waals surface area contributed by atoms with E-state index in [1.165, 1.54) is 12.3 Å². The summed E-state index contributed by atoms with van der Waals surface area (Å²) in [4.78, 5) is 12.2. The maximum atomic E-state index is 12.2. The van der Waals surface area contributed by atoms with Crippen molar-refractivity contribution in [3.05, 3.63) is 56.4 Å². The molecule has 0 aliphatic carbocycles. The molecular weight excluding hydrogens is 383 g/mol. The molecule has 0 amide bonds. The molecule has 1 atom stereocenters. The maximum absolute atomic E-state index is 12.2. The van der Waals surface area contributed by atoms with Gasteiger partial charge >= 0.3 is 0 Å². The molecule has 10 heteroatoms. The van der Waals surface area contributed by atoms with E-state index in [-0.39, 0.29) is 16.7 Å². The monoisotopic (exact) mass is 396 g/mol. The van der Waals surface area contributed by atoms with E-state index >= 15 is 0 Å². The van der Waals surface area contributed by atoms with Gasteiger partial charge in [-0.25, -0.2) is 0 Å². The zero-order valence-corrected chi connectivity index (χ0v) is 15.2. The number of rotatable bonds is 4.